The largest absolute Gasteiger partial charge is 0.326 e. The van der Waals surface area contributed by atoms with E-state index in [2.05, 4.69) is 9.82 Å². The van der Waals surface area contributed by atoms with Crippen molar-refractivity contribution in [1.29, 1.82) is 0 Å². The van der Waals surface area contributed by atoms with Crippen molar-refractivity contribution in [3.63, 3.8) is 0 Å². The first kappa shape index (κ1) is 14.2. The molecule has 2 heterocycles. The van der Waals surface area contributed by atoms with Gasteiger partial charge in [0.1, 0.15) is 4.21 Å². The summed E-state index contributed by atoms with van der Waals surface area (Å²) in [4.78, 5) is 0. The van der Waals surface area contributed by atoms with Crippen molar-refractivity contribution in [2.24, 2.45) is 5.73 Å². The molecule has 0 radical (unpaired) electrons. The molecule has 0 saturated heterocycles. The number of nitrogens with zero attached hydrogens (tertiary/aromatic N) is 2. The van der Waals surface area contributed by atoms with Crippen LogP contribution < -0.4 is 10.5 Å². The Morgan fingerprint density at radius 3 is 2.89 bits per heavy atom. The number of nitrogens with two attached hydrogens (primary N) is 1. The molecule has 2 rings (SSSR count). The molecule has 0 atom stereocenters. The number of thiophene rings is 1. The summed E-state index contributed by atoms with van der Waals surface area (Å²) in [7, 11) is -3.44. The number of hydrogen-bond acceptors (Lipinski definition) is 5. The lowest BCUT2D eigenvalue weighted by Crippen LogP contribution is -2.27. The fourth-order valence-electron chi connectivity index (χ4n) is 1.56. The molecular formula is C11H16N4O2S2. The summed E-state index contributed by atoms with van der Waals surface area (Å²) in [5, 5.41) is 5.85. The third-order valence-corrected chi connectivity index (χ3v) is 5.48. The molecule has 0 saturated carbocycles. The van der Waals surface area contributed by atoms with Gasteiger partial charge in [-0.15, -0.1) is 11.3 Å². The molecule has 3 N–H and O–H groups in total. The Balaban J connectivity index is 1.94. The molecule has 0 unspecified atom stereocenters. The van der Waals surface area contributed by atoms with Crippen molar-refractivity contribution >= 4 is 21.4 Å². The second-order valence-electron chi connectivity index (χ2n) is 4.16. The van der Waals surface area contributed by atoms with Gasteiger partial charge in [0.05, 0.1) is 12.7 Å². The molecule has 0 fully saturated rings. The molecule has 2 aromatic rings. The van der Waals surface area contributed by atoms with Crippen LogP contribution in [-0.4, -0.2) is 24.7 Å². The van der Waals surface area contributed by atoms with Crippen LogP contribution in [-0.2, 0) is 23.1 Å². The molecule has 0 aromatic carbocycles. The Kier molecular flexibility index (Phi) is 4.35. The third kappa shape index (κ3) is 3.63. The van der Waals surface area contributed by atoms with Gasteiger partial charge in [-0.3, -0.25) is 4.68 Å². The highest BCUT2D eigenvalue weighted by molar-refractivity contribution is 7.91. The first-order valence-electron chi connectivity index (χ1n) is 5.77. The van der Waals surface area contributed by atoms with E-state index in [-0.39, 0.29) is 0 Å². The molecule has 8 heteroatoms. The average Bonchev–Trinajstić information content (AvgIpc) is 2.98. The zero-order valence-electron chi connectivity index (χ0n) is 10.5. The highest BCUT2D eigenvalue weighted by Crippen LogP contribution is 2.19. The normalized spacial score (nSPS) is 11.9. The van der Waals surface area contributed by atoms with Gasteiger partial charge in [0.15, 0.2) is 0 Å². The smallest absolute Gasteiger partial charge is 0.250 e. The Bertz CT molecular complexity index is 645. The van der Waals surface area contributed by atoms with Crippen LogP contribution in [0.15, 0.2) is 28.0 Å². The fraction of sp³-hybridized carbons (Fsp3) is 0.364. The highest BCUT2D eigenvalue weighted by Gasteiger charge is 2.15. The zero-order valence-corrected chi connectivity index (χ0v) is 12.2. The van der Waals surface area contributed by atoms with E-state index in [1.807, 2.05) is 13.1 Å². The van der Waals surface area contributed by atoms with Crippen molar-refractivity contribution < 1.29 is 8.42 Å². The van der Waals surface area contributed by atoms with Crippen LogP contribution in [0.2, 0.25) is 0 Å². The van der Waals surface area contributed by atoms with Gasteiger partial charge in [-0.05, 0) is 29.5 Å². The van der Waals surface area contributed by atoms with Gasteiger partial charge < -0.3 is 5.73 Å². The number of sulfonamides is 1. The average molecular weight is 300 g/mol. The summed E-state index contributed by atoms with van der Waals surface area (Å²) < 4.78 is 28.5. The van der Waals surface area contributed by atoms with E-state index in [9.17, 15) is 8.42 Å². The maximum absolute atomic E-state index is 12.0. The van der Waals surface area contributed by atoms with Crippen LogP contribution in [0.5, 0.6) is 0 Å². The molecule has 0 aliphatic carbocycles. The van der Waals surface area contributed by atoms with Crippen LogP contribution in [0.3, 0.4) is 0 Å². The fourth-order valence-corrected chi connectivity index (χ4v) is 3.84. The Hall–Kier alpha value is -1.22. The van der Waals surface area contributed by atoms with Gasteiger partial charge in [-0.2, -0.15) is 5.10 Å². The van der Waals surface area contributed by atoms with Crippen molar-refractivity contribution in [1.82, 2.24) is 14.5 Å². The van der Waals surface area contributed by atoms with Crippen molar-refractivity contribution in [2.45, 2.75) is 24.2 Å². The SMILES string of the molecule is Cc1cnn(CCNS(=O)(=O)c2cc(CN)cs2)c1. The minimum Gasteiger partial charge on any atom is -0.326 e. The lowest BCUT2D eigenvalue weighted by Gasteiger charge is -2.04. The topological polar surface area (TPSA) is 90.0 Å². The third-order valence-electron chi connectivity index (χ3n) is 2.53. The minimum atomic E-state index is -3.44. The van der Waals surface area contributed by atoms with E-state index in [4.69, 9.17) is 5.73 Å². The summed E-state index contributed by atoms with van der Waals surface area (Å²) in [5.74, 6) is 0. The molecule has 104 valence electrons. The van der Waals surface area contributed by atoms with Crippen LogP contribution in [0.25, 0.3) is 0 Å². The quantitative estimate of drug-likeness (QED) is 0.821. The predicted octanol–water partition coefficient (Wildman–Crippen LogP) is 0.690. The van der Waals surface area contributed by atoms with E-state index in [1.165, 1.54) is 11.3 Å². The summed E-state index contributed by atoms with van der Waals surface area (Å²) in [6.07, 6.45) is 3.60. The summed E-state index contributed by atoms with van der Waals surface area (Å²) in [6.45, 7) is 3.09. The molecule has 19 heavy (non-hydrogen) atoms. The standard InChI is InChI=1S/C11H16N4O2S2/c1-9-6-13-15(7-9)3-2-14-19(16,17)11-4-10(5-12)8-18-11/h4,6-8,14H,2-3,5,12H2,1H3. The summed E-state index contributed by atoms with van der Waals surface area (Å²) >= 11 is 1.18. The molecule has 0 spiro atoms. The minimum absolute atomic E-state index is 0.296. The monoisotopic (exact) mass is 300 g/mol. The maximum atomic E-state index is 12.0. The van der Waals surface area contributed by atoms with Gasteiger partial charge in [-0.25, -0.2) is 13.1 Å². The van der Waals surface area contributed by atoms with Gasteiger partial charge >= 0.3 is 0 Å². The number of aromatic nitrogens is 2. The lowest BCUT2D eigenvalue weighted by molar-refractivity contribution is 0.562. The second-order valence-corrected chi connectivity index (χ2v) is 7.06. The first-order chi connectivity index (χ1) is 9.01. The second kappa shape index (κ2) is 5.83. The molecule has 0 amide bonds. The number of aryl methyl sites for hydroxylation is 1. The van der Waals surface area contributed by atoms with Crippen molar-refractivity contribution in [3.8, 4) is 0 Å². The van der Waals surface area contributed by atoms with E-state index < -0.39 is 10.0 Å². The van der Waals surface area contributed by atoms with Gasteiger partial charge in [0.2, 0.25) is 10.0 Å². The lowest BCUT2D eigenvalue weighted by atomic mass is 10.4. The van der Waals surface area contributed by atoms with Gasteiger partial charge in [-0.1, -0.05) is 0 Å². The Labute approximate surface area is 116 Å². The van der Waals surface area contributed by atoms with Crippen LogP contribution in [0, 0.1) is 6.92 Å². The molecule has 0 bridgehead atoms. The van der Waals surface area contributed by atoms with Crippen molar-refractivity contribution in [2.75, 3.05) is 6.54 Å². The van der Waals surface area contributed by atoms with E-state index >= 15 is 0 Å². The van der Waals surface area contributed by atoms with E-state index in [1.54, 1.807) is 22.3 Å². The van der Waals surface area contributed by atoms with Crippen LogP contribution in [0.4, 0.5) is 0 Å². The molecule has 6 nitrogen and oxygen atoms in total. The Morgan fingerprint density at radius 1 is 1.53 bits per heavy atom. The van der Waals surface area contributed by atoms with Crippen LogP contribution >= 0.6 is 11.3 Å². The first-order valence-corrected chi connectivity index (χ1v) is 8.14. The van der Waals surface area contributed by atoms with E-state index in [0.717, 1.165) is 11.1 Å². The number of rotatable bonds is 6. The Morgan fingerprint density at radius 2 is 2.32 bits per heavy atom. The highest BCUT2D eigenvalue weighted by atomic mass is 32.2. The maximum Gasteiger partial charge on any atom is 0.250 e. The van der Waals surface area contributed by atoms with Crippen molar-refractivity contribution in [3.05, 3.63) is 35.0 Å². The number of nitrogens with one attached hydrogen (secondary N) is 1. The van der Waals surface area contributed by atoms with Crippen LogP contribution in [0.1, 0.15) is 11.1 Å². The van der Waals surface area contributed by atoms with E-state index in [0.29, 0.717) is 23.8 Å². The molecule has 0 aliphatic rings. The summed E-state index contributed by atoms with van der Waals surface area (Å²) in [6, 6.07) is 1.60. The zero-order chi connectivity index (χ0) is 13.9. The molecule has 2 aromatic heterocycles. The predicted molar refractivity (Wildman–Crippen MR) is 74.4 cm³/mol. The summed E-state index contributed by atoms with van der Waals surface area (Å²) in [5.41, 5.74) is 7.34. The van der Waals surface area contributed by atoms with Gasteiger partial charge in [0, 0.05) is 19.3 Å². The molecule has 0 aliphatic heterocycles. The number of hydrogen-bond donors (Lipinski definition) is 2. The molecular weight excluding hydrogens is 284 g/mol. The van der Waals surface area contributed by atoms with Gasteiger partial charge in [0.25, 0.3) is 0 Å².